The summed E-state index contributed by atoms with van der Waals surface area (Å²) in [4.78, 5) is 0. The average Bonchev–Trinajstić information content (AvgIpc) is 2.89. The summed E-state index contributed by atoms with van der Waals surface area (Å²) in [7, 11) is 0. The van der Waals surface area contributed by atoms with E-state index in [0.29, 0.717) is 18.1 Å². The lowest BCUT2D eigenvalue weighted by Crippen LogP contribution is -2.55. The predicted molar refractivity (Wildman–Crippen MR) is 78.1 cm³/mol. The molecule has 3 fully saturated rings. The van der Waals surface area contributed by atoms with E-state index in [2.05, 4.69) is 5.43 Å². The molecule has 4 nitrogen and oxygen atoms in total. The van der Waals surface area contributed by atoms with Gasteiger partial charge in [-0.2, -0.15) is 11.8 Å². The molecule has 4 unspecified atom stereocenters. The van der Waals surface area contributed by atoms with Gasteiger partial charge in [0.2, 0.25) is 0 Å². The summed E-state index contributed by atoms with van der Waals surface area (Å²) in [5, 5.41) is 0. The minimum Gasteiger partial charge on any atom is -0.377 e. The number of hydrazine groups is 1. The van der Waals surface area contributed by atoms with E-state index in [0.717, 1.165) is 38.2 Å². The Morgan fingerprint density at radius 3 is 2.89 bits per heavy atom. The molecule has 110 valence electrons. The van der Waals surface area contributed by atoms with Crippen LogP contribution in [0.3, 0.4) is 0 Å². The number of nitrogens with one attached hydrogen (secondary N) is 1. The monoisotopic (exact) mass is 286 g/mol. The maximum atomic E-state index is 6.11. The highest BCUT2D eigenvalue weighted by molar-refractivity contribution is 7.99. The van der Waals surface area contributed by atoms with Crippen molar-refractivity contribution in [3.05, 3.63) is 0 Å². The Balaban J connectivity index is 1.64. The SMILES string of the molecule is NNC(C1CCOC2(CCSC2)C1)C1CCCCO1. The lowest BCUT2D eigenvalue weighted by Gasteiger charge is -2.43. The molecular weight excluding hydrogens is 260 g/mol. The van der Waals surface area contributed by atoms with Crippen LogP contribution >= 0.6 is 11.8 Å². The summed E-state index contributed by atoms with van der Waals surface area (Å²) in [5.74, 6) is 8.85. The first-order valence-electron chi connectivity index (χ1n) is 7.62. The first kappa shape index (κ1) is 14.1. The van der Waals surface area contributed by atoms with E-state index in [-0.39, 0.29) is 5.60 Å². The third-order valence-corrected chi connectivity index (χ3v) is 6.14. The molecule has 0 radical (unpaired) electrons. The molecule has 0 bridgehead atoms. The van der Waals surface area contributed by atoms with Gasteiger partial charge in [0.1, 0.15) is 0 Å². The minimum absolute atomic E-state index is 0.136. The fraction of sp³-hybridized carbons (Fsp3) is 1.00. The highest BCUT2D eigenvalue weighted by atomic mass is 32.2. The van der Waals surface area contributed by atoms with E-state index in [1.165, 1.54) is 25.0 Å². The number of rotatable bonds is 3. The molecule has 3 heterocycles. The third-order valence-electron chi connectivity index (χ3n) is 4.91. The molecule has 0 aliphatic carbocycles. The number of ether oxygens (including phenoxy) is 2. The zero-order valence-electron chi connectivity index (χ0n) is 11.6. The van der Waals surface area contributed by atoms with Crippen LogP contribution in [0.1, 0.15) is 38.5 Å². The number of nitrogens with two attached hydrogens (primary N) is 1. The van der Waals surface area contributed by atoms with Crippen molar-refractivity contribution in [3.8, 4) is 0 Å². The van der Waals surface area contributed by atoms with E-state index in [4.69, 9.17) is 15.3 Å². The van der Waals surface area contributed by atoms with Gasteiger partial charge < -0.3 is 9.47 Å². The van der Waals surface area contributed by atoms with Crippen molar-refractivity contribution in [3.63, 3.8) is 0 Å². The van der Waals surface area contributed by atoms with Gasteiger partial charge in [-0.15, -0.1) is 0 Å². The van der Waals surface area contributed by atoms with Crippen LogP contribution in [-0.4, -0.2) is 42.5 Å². The summed E-state index contributed by atoms with van der Waals surface area (Å²) in [6, 6.07) is 0.298. The average molecular weight is 286 g/mol. The fourth-order valence-electron chi connectivity index (χ4n) is 3.83. The minimum atomic E-state index is 0.136. The molecule has 3 aliphatic heterocycles. The summed E-state index contributed by atoms with van der Waals surface area (Å²) in [5.41, 5.74) is 3.20. The van der Waals surface area contributed by atoms with Crippen LogP contribution in [0.5, 0.6) is 0 Å². The Labute approximate surface area is 120 Å². The second-order valence-corrected chi connectivity index (χ2v) is 7.29. The fourth-order valence-corrected chi connectivity index (χ4v) is 5.21. The predicted octanol–water partition coefficient (Wildman–Crippen LogP) is 1.69. The molecule has 5 heteroatoms. The smallest absolute Gasteiger partial charge is 0.0783 e. The lowest BCUT2D eigenvalue weighted by atomic mass is 9.78. The Morgan fingerprint density at radius 1 is 1.26 bits per heavy atom. The van der Waals surface area contributed by atoms with Crippen molar-refractivity contribution in [1.29, 1.82) is 0 Å². The van der Waals surface area contributed by atoms with Gasteiger partial charge in [0.15, 0.2) is 0 Å². The maximum absolute atomic E-state index is 6.11. The lowest BCUT2D eigenvalue weighted by molar-refractivity contribution is -0.102. The first-order valence-corrected chi connectivity index (χ1v) is 8.78. The molecule has 3 saturated heterocycles. The first-order chi connectivity index (χ1) is 9.33. The van der Waals surface area contributed by atoms with Gasteiger partial charge in [-0.25, -0.2) is 0 Å². The molecule has 3 rings (SSSR count). The van der Waals surface area contributed by atoms with Crippen molar-refractivity contribution in [2.45, 2.75) is 56.3 Å². The zero-order valence-corrected chi connectivity index (χ0v) is 12.4. The molecule has 1 spiro atoms. The van der Waals surface area contributed by atoms with Gasteiger partial charge in [-0.3, -0.25) is 11.3 Å². The highest BCUT2D eigenvalue weighted by Crippen LogP contribution is 2.42. The molecule has 0 saturated carbocycles. The Hall–Kier alpha value is 0.190. The number of hydrogen-bond donors (Lipinski definition) is 2. The van der Waals surface area contributed by atoms with Crippen molar-refractivity contribution < 1.29 is 9.47 Å². The summed E-state index contributed by atoms with van der Waals surface area (Å²) in [6.07, 6.45) is 7.38. The molecule has 0 amide bonds. The standard InChI is InChI=1S/C14H26N2O2S/c15-16-13(12-3-1-2-6-17-12)11-4-7-18-14(9-11)5-8-19-10-14/h11-13,16H,1-10,15H2. The Morgan fingerprint density at radius 2 is 2.21 bits per heavy atom. The largest absolute Gasteiger partial charge is 0.377 e. The van der Waals surface area contributed by atoms with Crippen molar-refractivity contribution >= 4 is 11.8 Å². The van der Waals surface area contributed by atoms with Gasteiger partial charge in [-0.1, -0.05) is 0 Å². The quantitative estimate of drug-likeness (QED) is 0.611. The number of hydrogen-bond acceptors (Lipinski definition) is 5. The molecule has 19 heavy (non-hydrogen) atoms. The molecule has 4 atom stereocenters. The molecule has 0 aromatic heterocycles. The van der Waals surface area contributed by atoms with Gasteiger partial charge in [0.05, 0.1) is 17.7 Å². The van der Waals surface area contributed by atoms with E-state index in [1.54, 1.807) is 0 Å². The third kappa shape index (κ3) is 3.10. The molecule has 3 aliphatic rings. The van der Waals surface area contributed by atoms with E-state index >= 15 is 0 Å². The van der Waals surface area contributed by atoms with Gasteiger partial charge in [0, 0.05) is 19.0 Å². The van der Waals surface area contributed by atoms with Gasteiger partial charge >= 0.3 is 0 Å². The van der Waals surface area contributed by atoms with E-state index < -0.39 is 0 Å². The highest BCUT2D eigenvalue weighted by Gasteiger charge is 2.44. The van der Waals surface area contributed by atoms with Crippen LogP contribution < -0.4 is 11.3 Å². The van der Waals surface area contributed by atoms with Crippen LogP contribution in [0, 0.1) is 5.92 Å². The van der Waals surface area contributed by atoms with Gasteiger partial charge in [-0.05, 0) is 50.2 Å². The number of thioether (sulfide) groups is 1. The Kier molecular flexibility index (Phi) is 4.70. The van der Waals surface area contributed by atoms with Crippen molar-refractivity contribution in [1.82, 2.24) is 5.43 Å². The topological polar surface area (TPSA) is 56.5 Å². The summed E-state index contributed by atoms with van der Waals surface area (Å²) >= 11 is 2.03. The van der Waals surface area contributed by atoms with Crippen LogP contribution in [-0.2, 0) is 9.47 Å². The van der Waals surface area contributed by atoms with E-state index in [9.17, 15) is 0 Å². The molecule has 0 aromatic carbocycles. The maximum Gasteiger partial charge on any atom is 0.0783 e. The molecule has 0 aromatic rings. The molecule has 3 N–H and O–H groups in total. The second kappa shape index (κ2) is 6.31. The van der Waals surface area contributed by atoms with Crippen LogP contribution in [0.2, 0.25) is 0 Å². The summed E-state index contributed by atoms with van der Waals surface area (Å²) < 4.78 is 12.1. The normalized spacial score (nSPS) is 41.5. The zero-order chi connectivity index (χ0) is 13.1. The van der Waals surface area contributed by atoms with Crippen molar-refractivity contribution in [2.24, 2.45) is 11.8 Å². The van der Waals surface area contributed by atoms with E-state index in [1.807, 2.05) is 11.8 Å². The van der Waals surface area contributed by atoms with Gasteiger partial charge in [0.25, 0.3) is 0 Å². The summed E-state index contributed by atoms with van der Waals surface area (Å²) in [6.45, 7) is 1.78. The van der Waals surface area contributed by atoms with Crippen LogP contribution in [0.4, 0.5) is 0 Å². The van der Waals surface area contributed by atoms with Crippen LogP contribution in [0.25, 0.3) is 0 Å². The Bertz CT molecular complexity index is 291. The van der Waals surface area contributed by atoms with Crippen molar-refractivity contribution in [2.75, 3.05) is 24.7 Å². The molecular formula is C14H26N2O2S. The second-order valence-electron chi connectivity index (χ2n) is 6.18. The van der Waals surface area contributed by atoms with Crippen LogP contribution in [0.15, 0.2) is 0 Å².